The molecule has 4 saturated carbocycles. The number of azide groups is 1. The highest BCUT2D eigenvalue weighted by atomic mass is 32.2. The molecule has 242 valence electrons. The van der Waals surface area contributed by atoms with Crippen molar-refractivity contribution in [1.82, 2.24) is 0 Å². The Balaban J connectivity index is 1.28. The topological polar surface area (TPSA) is 154 Å². The van der Waals surface area contributed by atoms with E-state index in [0.717, 1.165) is 64.0 Å². The van der Waals surface area contributed by atoms with E-state index in [4.69, 9.17) is 18.4 Å². The maximum absolute atomic E-state index is 12.8. The zero-order chi connectivity index (χ0) is 31.4. The molecule has 0 radical (unpaired) electrons. The van der Waals surface area contributed by atoms with Crippen molar-refractivity contribution in [3.05, 3.63) is 10.4 Å². The van der Waals surface area contributed by atoms with Gasteiger partial charge in [0.15, 0.2) is 6.29 Å². The Morgan fingerprint density at radius 3 is 2.51 bits per heavy atom. The van der Waals surface area contributed by atoms with E-state index in [1.807, 2.05) is 0 Å². The summed E-state index contributed by atoms with van der Waals surface area (Å²) < 4.78 is 47.6. The molecule has 1 heterocycles. The summed E-state index contributed by atoms with van der Waals surface area (Å²) in [5.41, 5.74) is 8.61. The third-order valence-corrected chi connectivity index (χ3v) is 12.3. The van der Waals surface area contributed by atoms with Gasteiger partial charge in [-0.15, -0.1) is 0 Å². The van der Waals surface area contributed by atoms with Gasteiger partial charge in [-0.2, -0.15) is 8.42 Å². The summed E-state index contributed by atoms with van der Waals surface area (Å²) in [5.74, 6) is 2.25. The Morgan fingerprint density at radius 1 is 1.09 bits per heavy atom. The van der Waals surface area contributed by atoms with Crippen LogP contribution >= 0.6 is 0 Å². The number of hydrogen-bond donors (Lipinski definition) is 0. The number of carbonyl (C=O) groups is 2. The monoisotopic (exact) mass is 623 g/mol. The molecule has 5 aliphatic rings. The fourth-order valence-electron chi connectivity index (χ4n) is 9.29. The third kappa shape index (κ3) is 6.50. The Kier molecular flexibility index (Phi) is 9.04. The first kappa shape index (κ1) is 32.7. The van der Waals surface area contributed by atoms with Crippen molar-refractivity contribution in [1.29, 1.82) is 0 Å². The number of carbonyl (C=O) groups excluding carboxylic acids is 2. The summed E-state index contributed by atoms with van der Waals surface area (Å²) in [6.07, 6.45) is 6.95. The van der Waals surface area contributed by atoms with Gasteiger partial charge in [0.2, 0.25) is 0 Å². The van der Waals surface area contributed by atoms with Gasteiger partial charge in [-0.05, 0) is 113 Å². The Bertz CT molecular complexity index is 1250. The molecule has 5 rings (SSSR count). The van der Waals surface area contributed by atoms with Crippen LogP contribution in [-0.2, 0) is 38.1 Å². The van der Waals surface area contributed by atoms with Crippen molar-refractivity contribution in [3.8, 4) is 0 Å². The molecule has 4 aliphatic carbocycles. The molecule has 0 bridgehead atoms. The summed E-state index contributed by atoms with van der Waals surface area (Å²) in [7, 11) is -3.86. The lowest BCUT2D eigenvalue weighted by molar-refractivity contribution is -0.261. The van der Waals surface area contributed by atoms with E-state index >= 15 is 0 Å². The van der Waals surface area contributed by atoms with Crippen LogP contribution in [-0.4, -0.2) is 63.7 Å². The zero-order valence-electron chi connectivity index (χ0n) is 26.5. The molecule has 0 aromatic carbocycles. The molecule has 5 fully saturated rings. The number of hydrogen-bond acceptors (Lipinski definition) is 9. The van der Waals surface area contributed by atoms with Gasteiger partial charge in [0.1, 0.15) is 24.6 Å². The van der Waals surface area contributed by atoms with Crippen LogP contribution in [0.2, 0.25) is 0 Å². The van der Waals surface area contributed by atoms with Crippen LogP contribution in [0.3, 0.4) is 0 Å². The van der Waals surface area contributed by atoms with E-state index in [2.05, 4.69) is 23.9 Å². The van der Waals surface area contributed by atoms with Gasteiger partial charge in [-0.3, -0.25) is 13.8 Å². The highest BCUT2D eigenvalue weighted by Gasteiger charge is 2.60. The number of ketones is 1. The van der Waals surface area contributed by atoms with E-state index < -0.39 is 46.0 Å². The summed E-state index contributed by atoms with van der Waals surface area (Å²) in [6, 6.07) is -0.800. The molecule has 11 nitrogen and oxygen atoms in total. The van der Waals surface area contributed by atoms with E-state index in [-0.39, 0.29) is 30.0 Å². The second-order valence-corrected chi connectivity index (χ2v) is 16.9. The van der Waals surface area contributed by atoms with Gasteiger partial charge in [0.25, 0.3) is 10.1 Å². The number of nitrogens with zero attached hydrogens (tertiary/aromatic N) is 3. The minimum atomic E-state index is -3.86. The van der Waals surface area contributed by atoms with Gasteiger partial charge in [-0.25, -0.2) is 0 Å². The van der Waals surface area contributed by atoms with Crippen LogP contribution in [0.4, 0.5) is 0 Å². The van der Waals surface area contributed by atoms with E-state index in [9.17, 15) is 23.5 Å². The summed E-state index contributed by atoms with van der Waals surface area (Å²) in [5, 5.41) is 3.89. The molecular weight excluding hydrogens is 574 g/mol. The maximum atomic E-state index is 12.8. The molecule has 0 N–H and O–H groups in total. The average molecular weight is 624 g/mol. The van der Waals surface area contributed by atoms with Crippen molar-refractivity contribution in [2.75, 3.05) is 12.9 Å². The van der Waals surface area contributed by atoms with Crippen molar-refractivity contribution in [2.24, 2.45) is 45.0 Å². The minimum absolute atomic E-state index is 0.0516. The molecule has 1 saturated heterocycles. The largest absolute Gasteiger partial charge is 0.462 e. The predicted octanol–water partition coefficient (Wildman–Crippen LogP) is 5.71. The predicted molar refractivity (Wildman–Crippen MR) is 158 cm³/mol. The van der Waals surface area contributed by atoms with Gasteiger partial charge >= 0.3 is 5.97 Å². The highest BCUT2D eigenvalue weighted by Crippen LogP contribution is 2.65. The van der Waals surface area contributed by atoms with Gasteiger partial charge in [0.05, 0.1) is 23.8 Å². The fraction of sp³-hybridized carbons (Fsp3) is 0.935. The van der Waals surface area contributed by atoms with Gasteiger partial charge in [0, 0.05) is 16.7 Å². The number of Topliss-reactive ketones (excluding diaryl/α,β-unsaturated/α-hetero) is 1. The first-order valence-electron chi connectivity index (χ1n) is 16.0. The quantitative estimate of drug-likeness (QED) is 0.0872. The normalized spacial score (nSPS) is 43.1. The third-order valence-electron chi connectivity index (χ3n) is 11.7. The van der Waals surface area contributed by atoms with E-state index in [1.54, 1.807) is 20.8 Å². The SMILES string of the molecule is CC(C)(C)C(=O)OC[C@H]1O[C@@H](O[C@@H]2CC[C@@]3(C)[C@@H](CC[C@@H]4[C@@H]3CC[C@]3(C)C(=O)CC[C@@H]43)C2)[C@H](N=[N+]=[N-])C[C@@H]1OS(C)(=O)=O. The average Bonchev–Trinajstić information content (AvgIpc) is 3.22. The van der Waals surface area contributed by atoms with Crippen molar-refractivity contribution in [2.45, 2.75) is 129 Å². The van der Waals surface area contributed by atoms with Gasteiger partial charge < -0.3 is 14.2 Å². The van der Waals surface area contributed by atoms with Crippen LogP contribution < -0.4 is 0 Å². The fourth-order valence-corrected chi connectivity index (χ4v) is 9.94. The molecule has 11 atom stereocenters. The first-order valence-corrected chi connectivity index (χ1v) is 17.8. The summed E-state index contributed by atoms with van der Waals surface area (Å²) in [6.45, 7) is 9.65. The molecule has 1 aliphatic heterocycles. The molecule has 0 unspecified atom stereocenters. The van der Waals surface area contributed by atoms with Crippen LogP contribution in [0.5, 0.6) is 0 Å². The molecule has 0 aromatic rings. The van der Waals surface area contributed by atoms with Crippen LogP contribution in [0.25, 0.3) is 10.4 Å². The Hall–Kier alpha value is -1.72. The maximum Gasteiger partial charge on any atom is 0.311 e. The van der Waals surface area contributed by atoms with E-state index in [1.165, 1.54) is 0 Å². The number of fused-ring (bicyclic) bond motifs is 5. The van der Waals surface area contributed by atoms with Crippen LogP contribution in [0, 0.1) is 39.9 Å². The number of rotatable bonds is 7. The lowest BCUT2D eigenvalue weighted by Gasteiger charge is -2.60. The molecular formula is C31H49N3O8S. The van der Waals surface area contributed by atoms with Crippen LogP contribution in [0.1, 0.15) is 98.8 Å². The molecule has 0 aromatic heterocycles. The number of esters is 1. The van der Waals surface area contributed by atoms with E-state index in [0.29, 0.717) is 29.5 Å². The molecule has 12 heteroatoms. The highest BCUT2D eigenvalue weighted by molar-refractivity contribution is 7.86. The summed E-state index contributed by atoms with van der Waals surface area (Å²) >= 11 is 0. The molecule has 0 spiro atoms. The smallest absolute Gasteiger partial charge is 0.311 e. The number of ether oxygens (including phenoxy) is 3. The second kappa shape index (κ2) is 11.9. The Labute approximate surface area is 255 Å². The lowest BCUT2D eigenvalue weighted by Crippen LogP contribution is -2.55. The second-order valence-electron chi connectivity index (χ2n) is 15.3. The summed E-state index contributed by atoms with van der Waals surface area (Å²) in [4.78, 5) is 28.2. The van der Waals surface area contributed by atoms with Gasteiger partial charge in [-0.1, -0.05) is 19.0 Å². The van der Waals surface area contributed by atoms with Crippen molar-refractivity contribution in [3.63, 3.8) is 0 Å². The standard InChI is InChI=1S/C31H49N3O8S/c1-29(2,3)28(36)39-17-25-24(42-43(6,37)38)16-23(33-34-32)27(41-25)40-19-11-13-30(4)18(15-19)7-8-20-21-9-10-26(35)31(21,5)14-12-22(20)30/h18-25,27H,7-17H2,1-6H3/t18-,19+,20-,21-,22-,23+,24-,25+,27+,30-,31-/m0/s1. The van der Waals surface area contributed by atoms with Crippen molar-refractivity contribution < 1.29 is 36.4 Å². The first-order chi connectivity index (χ1) is 20.0. The molecule has 43 heavy (non-hydrogen) atoms. The Morgan fingerprint density at radius 2 is 1.84 bits per heavy atom. The minimum Gasteiger partial charge on any atom is -0.462 e. The van der Waals surface area contributed by atoms with Crippen LogP contribution in [0.15, 0.2) is 5.11 Å². The lowest BCUT2D eigenvalue weighted by atomic mass is 9.45. The van der Waals surface area contributed by atoms with Crippen molar-refractivity contribution >= 4 is 21.9 Å². The zero-order valence-corrected chi connectivity index (χ0v) is 27.3. The molecule has 0 amide bonds.